The third-order valence-corrected chi connectivity index (χ3v) is 7.26. The van der Waals surface area contributed by atoms with Crippen molar-refractivity contribution in [1.29, 1.82) is 0 Å². The van der Waals surface area contributed by atoms with Crippen molar-refractivity contribution < 1.29 is 13.2 Å². The van der Waals surface area contributed by atoms with Crippen LogP contribution in [0.25, 0.3) is 0 Å². The first-order valence-corrected chi connectivity index (χ1v) is 10.5. The van der Waals surface area contributed by atoms with Crippen molar-refractivity contribution in [1.82, 2.24) is 19.4 Å². The van der Waals surface area contributed by atoms with Gasteiger partial charge in [-0.25, -0.2) is 8.42 Å². The summed E-state index contributed by atoms with van der Waals surface area (Å²) >= 11 is 0.869. The Morgan fingerprint density at radius 2 is 2.00 bits per heavy atom. The number of amides is 1. The topological polar surface area (TPSA) is 95.5 Å². The van der Waals surface area contributed by atoms with Crippen molar-refractivity contribution >= 4 is 32.4 Å². The summed E-state index contributed by atoms with van der Waals surface area (Å²) in [4.78, 5) is 13.3. The molecule has 1 N–H and O–H groups in total. The largest absolute Gasteiger partial charge is 0.301 e. The predicted octanol–water partition coefficient (Wildman–Crippen LogP) is 1.39. The number of nitrogens with one attached hydrogen (secondary N) is 1. The molecule has 1 unspecified atom stereocenters. The molecule has 3 rings (SSSR count). The maximum Gasteiger partial charge on any atom is 0.272 e. The van der Waals surface area contributed by atoms with Gasteiger partial charge in [-0.3, -0.25) is 9.69 Å². The molecule has 1 aliphatic rings. The molecule has 0 aliphatic carbocycles. The van der Waals surface area contributed by atoms with Crippen LogP contribution >= 0.6 is 11.3 Å². The summed E-state index contributed by atoms with van der Waals surface area (Å²) in [6.07, 6.45) is 0. The Labute approximate surface area is 156 Å². The number of piperazine rings is 1. The standard InChI is InChI=1S/C16H21N5O3S2/c1-12-10-21(9-8-20(12)11-14-6-4-3-5-7-14)26(23,24)16-19-18-15(25-16)17-13(2)22/h3-7,12H,8-11H2,1-2H3,(H,17,18,22). The molecule has 2 aromatic rings. The zero-order valence-electron chi connectivity index (χ0n) is 14.6. The molecule has 1 aliphatic heterocycles. The molecular formula is C16H21N5O3S2. The van der Waals surface area contributed by atoms with E-state index < -0.39 is 10.0 Å². The Morgan fingerprint density at radius 3 is 2.65 bits per heavy atom. The van der Waals surface area contributed by atoms with E-state index in [-0.39, 0.29) is 21.4 Å². The number of hydrogen-bond donors (Lipinski definition) is 1. The van der Waals surface area contributed by atoms with Gasteiger partial charge in [0, 0.05) is 39.1 Å². The zero-order chi connectivity index (χ0) is 18.7. The summed E-state index contributed by atoms with van der Waals surface area (Å²) in [5, 5.41) is 10.1. The number of benzene rings is 1. The van der Waals surface area contributed by atoms with Crippen LogP contribution in [0.2, 0.25) is 0 Å². The van der Waals surface area contributed by atoms with Crippen molar-refractivity contribution in [3.05, 3.63) is 35.9 Å². The highest BCUT2D eigenvalue weighted by Crippen LogP contribution is 2.25. The van der Waals surface area contributed by atoms with E-state index >= 15 is 0 Å². The molecule has 1 atom stereocenters. The van der Waals surface area contributed by atoms with E-state index in [0.717, 1.165) is 17.9 Å². The first-order valence-electron chi connectivity index (χ1n) is 8.25. The van der Waals surface area contributed by atoms with Gasteiger partial charge in [-0.05, 0) is 12.5 Å². The molecule has 2 heterocycles. The molecule has 140 valence electrons. The molecule has 26 heavy (non-hydrogen) atoms. The van der Waals surface area contributed by atoms with Crippen LogP contribution in [0.5, 0.6) is 0 Å². The monoisotopic (exact) mass is 395 g/mol. The SMILES string of the molecule is CC(=O)Nc1nnc(S(=O)(=O)N2CCN(Cc3ccccc3)C(C)C2)s1. The Morgan fingerprint density at radius 1 is 1.27 bits per heavy atom. The van der Waals surface area contributed by atoms with E-state index in [1.807, 2.05) is 25.1 Å². The van der Waals surface area contributed by atoms with Crippen molar-refractivity contribution in [2.45, 2.75) is 30.8 Å². The second kappa shape index (κ2) is 7.78. The lowest BCUT2D eigenvalue weighted by Gasteiger charge is -2.38. The van der Waals surface area contributed by atoms with E-state index in [4.69, 9.17) is 0 Å². The lowest BCUT2D eigenvalue weighted by atomic mass is 10.1. The van der Waals surface area contributed by atoms with Crippen LogP contribution in [-0.4, -0.2) is 59.4 Å². The van der Waals surface area contributed by atoms with E-state index in [1.165, 1.54) is 16.8 Å². The first kappa shape index (κ1) is 18.9. The average Bonchev–Trinajstić information content (AvgIpc) is 3.06. The fourth-order valence-corrected chi connectivity index (χ4v) is 5.46. The van der Waals surface area contributed by atoms with Gasteiger partial charge in [-0.1, -0.05) is 41.7 Å². The van der Waals surface area contributed by atoms with Crippen LogP contribution in [0.4, 0.5) is 5.13 Å². The van der Waals surface area contributed by atoms with Crippen LogP contribution in [-0.2, 0) is 21.4 Å². The van der Waals surface area contributed by atoms with Crippen molar-refractivity contribution in [3.8, 4) is 0 Å². The average molecular weight is 396 g/mol. The van der Waals surface area contributed by atoms with E-state index in [2.05, 4.69) is 32.5 Å². The number of anilines is 1. The number of nitrogens with zero attached hydrogens (tertiary/aromatic N) is 4. The minimum absolute atomic E-state index is 0.0847. The molecule has 1 aromatic carbocycles. The summed E-state index contributed by atoms with van der Waals surface area (Å²) in [5.74, 6) is -0.312. The fraction of sp³-hybridized carbons (Fsp3) is 0.438. The maximum absolute atomic E-state index is 12.8. The van der Waals surface area contributed by atoms with Crippen LogP contribution in [0.15, 0.2) is 34.7 Å². The number of carbonyl (C=O) groups is 1. The molecule has 1 saturated heterocycles. The van der Waals surface area contributed by atoms with Gasteiger partial charge in [0.1, 0.15) is 0 Å². The second-order valence-electron chi connectivity index (χ2n) is 6.22. The summed E-state index contributed by atoms with van der Waals surface area (Å²) < 4.78 is 26.9. The molecule has 0 bridgehead atoms. The molecule has 0 saturated carbocycles. The van der Waals surface area contributed by atoms with Crippen LogP contribution in [0.3, 0.4) is 0 Å². The molecule has 8 nitrogen and oxygen atoms in total. The Bertz CT molecular complexity index is 869. The minimum atomic E-state index is -3.71. The van der Waals surface area contributed by atoms with Crippen LogP contribution in [0, 0.1) is 0 Å². The van der Waals surface area contributed by atoms with Crippen molar-refractivity contribution in [2.75, 3.05) is 25.0 Å². The summed E-state index contributed by atoms with van der Waals surface area (Å²) in [6, 6.07) is 10.2. The fourth-order valence-electron chi connectivity index (χ4n) is 2.86. The third kappa shape index (κ3) is 4.26. The summed E-state index contributed by atoms with van der Waals surface area (Å²) in [5.41, 5.74) is 1.21. The highest BCUT2D eigenvalue weighted by atomic mass is 32.2. The number of carbonyl (C=O) groups excluding carboxylic acids is 1. The molecule has 0 radical (unpaired) electrons. The second-order valence-corrected chi connectivity index (χ2v) is 9.31. The molecular weight excluding hydrogens is 374 g/mol. The molecule has 1 amide bonds. The van der Waals surface area contributed by atoms with Gasteiger partial charge in [0.25, 0.3) is 10.0 Å². The Hall–Kier alpha value is -1.88. The normalized spacial score (nSPS) is 19.4. The van der Waals surface area contributed by atoms with Gasteiger partial charge in [0.15, 0.2) is 0 Å². The van der Waals surface area contributed by atoms with E-state index in [9.17, 15) is 13.2 Å². The van der Waals surface area contributed by atoms with E-state index in [0.29, 0.717) is 19.6 Å². The molecule has 10 heteroatoms. The smallest absolute Gasteiger partial charge is 0.272 e. The molecule has 1 aromatic heterocycles. The number of hydrogen-bond acceptors (Lipinski definition) is 7. The van der Waals surface area contributed by atoms with Crippen LogP contribution < -0.4 is 5.32 Å². The van der Waals surface area contributed by atoms with Gasteiger partial charge in [0.2, 0.25) is 15.4 Å². The number of sulfonamides is 1. The lowest BCUT2D eigenvalue weighted by Crippen LogP contribution is -2.53. The molecule has 1 fully saturated rings. The summed E-state index contributed by atoms with van der Waals surface area (Å²) in [6.45, 7) is 5.59. The minimum Gasteiger partial charge on any atom is -0.301 e. The Balaban J connectivity index is 1.67. The highest BCUT2D eigenvalue weighted by Gasteiger charge is 2.34. The van der Waals surface area contributed by atoms with E-state index in [1.54, 1.807) is 0 Å². The molecule has 0 spiro atoms. The number of rotatable bonds is 5. The number of aromatic nitrogens is 2. The van der Waals surface area contributed by atoms with Gasteiger partial charge >= 0.3 is 0 Å². The van der Waals surface area contributed by atoms with Gasteiger partial charge in [-0.15, -0.1) is 10.2 Å². The van der Waals surface area contributed by atoms with Gasteiger partial charge in [0.05, 0.1) is 0 Å². The van der Waals surface area contributed by atoms with Crippen LogP contribution in [0.1, 0.15) is 19.4 Å². The Kier molecular flexibility index (Phi) is 5.66. The first-order chi connectivity index (χ1) is 12.4. The van der Waals surface area contributed by atoms with Gasteiger partial charge < -0.3 is 5.32 Å². The third-order valence-electron chi connectivity index (χ3n) is 4.21. The lowest BCUT2D eigenvalue weighted by molar-refractivity contribution is -0.114. The predicted molar refractivity (Wildman–Crippen MR) is 99.3 cm³/mol. The quantitative estimate of drug-likeness (QED) is 0.769. The highest BCUT2D eigenvalue weighted by molar-refractivity contribution is 7.91. The van der Waals surface area contributed by atoms with Crippen molar-refractivity contribution in [2.24, 2.45) is 0 Å². The van der Waals surface area contributed by atoms with Crippen molar-refractivity contribution in [3.63, 3.8) is 0 Å². The summed E-state index contributed by atoms with van der Waals surface area (Å²) in [7, 11) is -3.71. The maximum atomic E-state index is 12.8. The van der Waals surface area contributed by atoms with Gasteiger partial charge in [-0.2, -0.15) is 4.31 Å². The zero-order valence-corrected chi connectivity index (χ0v) is 16.3.